The summed E-state index contributed by atoms with van der Waals surface area (Å²) in [6.07, 6.45) is 2.97. The van der Waals surface area contributed by atoms with Crippen LogP contribution in [-0.4, -0.2) is 13.0 Å². The van der Waals surface area contributed by atoms with Gasteiger partial charge in [0.05, 0.1) is 12.7 Å². The first kappa shape index (κ1) is 10.8. The van der Waals surface area contributed by atoms with Gasteiger partial charge in [0.25, 0.3) is 5.91 Å². The van der Waals surface area contributed by atoms with E-state index < -0.39 is 5.91 Å². The van der Waals surface area contributed by atoms with Crippen molar-refractivity contribution in [1.29, 1.82) is 0 Å². The van der Waals surface area contributed by atoms with Crippen LogP contribution in [0.25, 0.3) is 0 Å². The third-order valence-corrected chi connectivity index (χ3v) is 2.88. The number of primary amides is 1. The number of rotatable bonds is 4. The van der Waals surface area contributed by atoms with Crippen molar-refractivity contribution in [3.8, 4) is 11.5 Å². The fourth-order valence-electron chi connectivity index (χ4n) is 1.84. The summed E-state index contributed by atoms with van der Waals surface area (Å²) in [7, 11) is 1.46. The molecule has 16 heavy (non-hydrogen) atoms. The lowest BCUT2D eigenvalue weighted by molar-refractivity contribution is 0.0997. The van der Waals surface area contributed by atoms with Crippen LogP contribution in [0.1, 0.15) is 28.8 Å². The first-order chi connectivity index (χ1) is 7.63. The van der Waals surface area contributed by atoms with Gasteiger partial charge in [-0.15, -0.1) is 0 Å². The summed E-state index contributed by atoms with van der Waals surface area (Å²) in [5, 5.41) is 11.7. The molecule has 1 amide bonds. The van der Waals surface area contributed by atoms with Gasteiger partial charge in [-0.25, -0.2) is 0 Å². The Labute approximate surface area is 94.0 Å². The highest BCUT2D eigenvalue weighted by atomic mass is 16.5. The van der Waals surface area contributed by atoms with E-state index in [-0.39, 0.29) is 11.3 Å². The number of amides is 1. The van der Waals surface area contributed by atoms with E-state index in [9.17, 15) is 9.90 Å². The second kappa shape index (κ2) is 4.04. The second-order valence-corrected chi connectivity index (χ2v) is 4.13. The fourth-order valence-corrected chi connectivity index (χ4v) is 1.84. The molecule has 4 nitrogen and oxygen atoms in total. The third-order valence-electron chi connectivity index (χ3n) is 2.88. The van der Waals surface area contributed by atoms with Crippen molar-refractivity contribution in [2.45, 2.75) is 19.3 Å². The van der Waals surface area contributed by atoms with Gasteiger partial charge in [-0.05, 0) is 37.3 Å². The molecule has 1 aromatic rings. The van der Waals surface area contributed by atoms with E-state index in [0.29, 0.717) is 23.7 Å². The van der Waals surface area contributed by atoms with Crippen LogP contribution in [0.5, 0.6) is 11.5 Å². The van der Waals surface area contributed by atoms with Crippen molar-refractivity contribution in [2.24, 2.45) is 11.7 Å². The minimum atomic E-state index is -0.561. The number of hydrogen-bond acceptors (Lipinski definition) is 2. The fraction of sp³-hybridized carbons (Fsp3) is 0.417. The van der Waals surface area contributed by atoms with Gasteiger partial charge in [0.2, 0.25) is 0 Å². The van der Waals surface area contributed by atoms with Crippen LogP contribution in [0.3, 0.4) is 0 Å². The van der Waals surface area contributed by atoms with Gasteiger partial charge >= 0.3 is 0 Å². The zero-order valence-electron chi connectivity index (χ0n) is 9.16. The molecule has 85 valence electrons. The SMILES string of the molecule is COc1c(C(N)=O)ccc([O])c1CC1CC1. The Kier molecular flexibility index (Phi) is 2.73. The Morgan fingerprint density at radius 1 is 1.50 bits per heavy atom. The largest absolute Gasteiger partial charge is 0.495 e. The zero-order chi connectivity index (χ0) is 11.7. The van der Waals surface area contributed by atoms with Crippen molar-refractivity contribution in [3.05, 3.63) is 23.3 Å². The maximum Gasteiger partial charge on any atom is 0.252 e. The molecule has 4 heteroatoms. The van der Waals surface area contributed by atoms with Crippen LogP contribution >= 0.6 is 0 Å². The molecule has 1 aromatic carbocycles. The van der Waals surface area contributed by atoms with Crippen LogP contribution in [0, 0.1) is 5.92 Å². The monoisotopic (exact) mass is 220 g/mol. The second-order valence-electron chi connectivity index (χ2n) is 4.13. The summed E-state index contributed by atoms with van der Waals surface area (Å²) < 4.78 is 5.15. The molecular formula is C12H14NO3. The van der Waals surface area contributed by atoms with Crippen LogP contribution in [0.4, 0.5) is 0 Å². The van der Waals surface area contributed by atoms with E-state index in [2.05, 4.69) is 0 Å². The van der Waals surface area contributed by atoms with Crippen molar-refractivity contribution in [3.63, 3.8) is 0 Å². The molecule has 1 radical (unpaired) electrons. The molecule has 1 saturated carbocycles. The van der Waals surface area contributed by atoms with Gasteiger partial charge in [0.1, 0.15) is 5.75 Å². The number of hydrogen-bond donors (Lipinski definition) is 1. The molecular weight excluding hydrogens is 206 g/mol. The van der Waals surface area contributed by atoms with Crippen molar-refractivity contribution in [1.82, 2.24) is 0 Å². The summed E-state index contributed by atoms with van der Waals surface area (Å²) in [6, 6.07) is 2.82. The number of benzene rings is 1. The Hall–Kier alpha value is -1.71. The molecule has 0 heterocycles. The Morgan fingerprint density at radius 2 is 2.19 bits per heavy atom. The number of methoxy groups -OCH3 is 1. The summed E-state index contributed by atoms with van der Waals surface area (Å²) in [4.78, 5) is 11.2. The molecule has 0 aliphatic heterocycles. The molecule has 0 bridgehead atoms. The zero-order valence-corrected chi connectivity index (χ0v) is 9.16. The quantitative estimate of drug-likeness (QED) is 0.841. The van der Waals surface area contributed by atoms with Gasteiger partial charge in [0, 0.05) is 5.56 Å². The molecule has 0 spiro atoms. The van der Waals surface area contributed by atoms with Gasteiger partial charge in [-0.3, -0.25) is 9.90 Å². The van der Waals surface area contributed by atoms with Crippen LogP contribution < -0.4 is 10.5 Å². The maximum atomic E-state index is 11.7. The molecule has 0 atom stereocenters. The van der Waals surface area contributed by atoms with Crippen LogP contribution in [-0.2, 0) is 11.5 Å². The first-order valence-electron chi connectivity index (χ1n) is 5.30. The number of ether oxygens (including phenoxy) is 1. The lowest BCUT2D eigenvalue weighted by atomic mass is 10.0. The molecule has 1 aliphatic carbocycles. The van der Waals surface area contributed by atoms with Crippen molar-refractivity contribution >= 4 is 5.91 Å². The lowest BCUT2D eigenvalue weighted by Crippen LogP contribution is -2.13. The number of nitrogens with two attached hydrogens (primary N) is 1. The maximum absolute atomic E-state index is 11.7. The lowest BCUT2D eigenvalue weighted by Gasteiger charge is -2.11. The molecule has 0 saturated heterocycles. The Morgan fingerprint density at radius 3 is 2.69 bits per heavy atom. The van der Waals surface area contributed by atoms with Crippen molar-refractivity contribution < 1.29 is 14.6 Å². The highest BCUT2D eigenvalue weighted by Crippen LogP contribution is 2.40. The molecule has 2 N–H and O–H groups in total. The van der Waals surface area contributed by atoms with Gasteiger partial charge < -0.3 is 10.5 Å². The average molecular weight is 220 g/mol. The van der Waals surface area contributed by atoms with Crippen molar-refractivity contribution in [2.75, 3.05) is 7.11 Å². The van der Waals surface area contributed by atoms with E-state index in [1.807, 2.05) is 0 Å². The normalized spacial score (nSPS) is 14.8. The van der Waals surface area contributed by atoms with E-state index in [1.54, 1.807) is 0 Å². The smallest absolute Gasteiger partial charge is 0.252 e. The number of carbonyl (C=O) groups excluding carboxylic acids is 1. The van der Waals surface area contributed by atoms with Crippen LogP contribution in [0.15, 0.2) is 12.1 Å². The first-order valence-corrected chi connectivity index (χ1v) is 5.30. The van der Waals surface area contributed by atoms with E-state index in [4.69, 9.17) is 10.5 Å². The topological polar surface area (TPSA) is 72.2 Å². The van der Waals surface area contributed by atoms with E-state index in [0.717, 1.165) is 12.8 Å². The highest BCUT2D eigenvalue weighted by Gasteiger charge is 2.27. The summed E-state index contributed by atoms with van der Waals surface area (Å²) in [5.74, 6) is 0.277. The minimum absolute atomic E-state index is 0.0752. The summed E-state index contributed by atoms with van der Waals surface area (Å²) >= 11 is 0. The molecule has 1 aliphatic rings. The van der Waals surface area contributed by atoms with Gasteiger partial charge in [0.15, 0.2) is 5.75 Å². The predicted molar refractivity (Wildman–Crippen MR) is 58.1 cm³/mol. The average Bonchev–Trinajstić information content (AvgIpc) is 3.04. The summed E-state index contributed by atoms with van der Waals surface area (Å²) in [5.41, 5.74) is 6.11. The van der Waals surface area contributed by atoms with Gasteiger partial charge in [-0.1, -0.05) is 0 Å². The predicted octanol–water partition coefficient (Wildman–Crippen LogP) is 1.89. The number of carbonyl (C=O) groups is 1. The highest BCUT2D eigenvalue weighted by molar-refractivity contribution is 5.96. The molecule has 1 fully saturated rings. The molecule has 0 unspecified atom stereocenters. The molecule has 0 aromatic heterocycles. The minimum Gasteiger partial charge on any atom is -0.495 e. The van der Waals surface area contributed by atoms with E-state index >= 15 is 0 Å². The molecule has 2 rings (SSSR count). The van der Waals surface area contributed by atoms with Gasteiger partial charge in [-0.2, -0.15) is 0 Å². The standard InChI is InChI=1S/C12H14NO3/c1-16-11-8(12(13)15)4-5-10(14)9(11)6-7-2-3-7/h4-5,7H,2-3,6H2,1H3,(H2,13,15). The Bertz CT molecular complexity index is 425. The Balaban J connectivity index is 2.45. The summed E-state index contributed by atoms with van der Waals surface area (Å²) in [6.45, 7) is 0. The van der Waals surface area contributed by atoms with E-state index in [1.165, 1.54) is 19.2 Å². The van der Waals surface area contributed by atoms with Crippen LogP contribution in [0.2, 0.25) is 0 Å². The third kappa shape index (κ3) is 1.96.